The summed E-state index contributed by atoms with van der Waals surface area (Å²) in [5.41, 5.74) is -0.606. The summed E-state index contributed by atoms with van der Waals surface area (Å²) in [6.45, 7) is 10.1. The lowest BCUT2D eigenvalue weighted by molar-refractivity contribution is -0.147. The first-order valence-corrected chi connectivity index (χ1v) is 7.84. The average molecular weight is 299 g/mol. The molecule has 5 nitrogen and oxygen atoms in total. The molecule has 0 aromatic heterocycles. The molecule has 1 N–H and O–H groups in total. The van der Waals surface area contributed by atoms with E-state index < -0.39 is 23.7 Å². The number of carboxylic acid groups (broad SMARTS) is 1. The number of carboxylic acids is 1. The third-order valence-corrected chi connectivity index (χ3v) is 3.75. The molecular weight excluding hydrogens is 270 g/mol. The number of nitrogens with zero attached hydrogens (tertiary/aromatic N) is 1. The number of aliphatic carboxylic acids is 1. The van der Waals surface area contributed by atoms with Crippen LogP contribution in [0.4, 0.5) is 4.79 Å². The summed E-state index contributed by atoms with van der Waals surface area (Å²) >= 11 is 0. The van der Waals surface area contributed by atoms with Gasteiger partial charge in [-0.25, -0.2) is 9.59 Å². The number of likely N-dealkylation sites (tertiary alicyclic amines) is 1. The molecule has 0 aliphatic carbocycles. The number of hydrogen-bond donors (Lipinski definition) is 1. The molecule has 0 aromatic carbocycles. The highest BCUT2D eigenvalue weighted by Gasteiger charge is 2.40. The van der Waals surface area contributed by atoms with E-state index in [-0.39, 0.29) is 5.92 Å². The van der Waals surface area contributed by atoms with Crippen molar-refractivity contribution in [2.45, 2.75) is 71.9 Å². The van der Waals surface area contributed by atoms with Gasteiger partial charge in [0.1, 0.15) is 11.6 Å². The Bertz CT molecular complexity index is 373. The molecular formula is C16H29NO4. The molecule has 1 rings (SSSR count). The second kappa shape index (κ2) is 7.14. The Morgan fingerprint density at radius 2 is 1.95 bits per heavy atom. The Hall–Kier alpha value is -1.26. The van der Waals surface area contributed by atoms with Crippen LogP contribution in [-0.2, 0) is 9.53 Å². The van der Waals surface area contributed by atoms with E-state index in [0.29, 0.717) is 12.5 Å². The van der Waals surface area contributed by atoms with Gasteiger partial charge in [0.25, 0.3) is 0 Å². The van der Waals surface area contributed by atoms with Gasteiger partial charge in [0.2, 0.25) is 0 Å². The zero-order chi connectivity index (χ0) is 16.2. The van der Waals surface area contributed by atoms with E-state index in [2.05, 4.69) is 13.8 Å². The smallest absolute Gasteiger partial charge is 0.411 e. The van der Waals surface area contributed by atoms with Gasteiger partial charge in [-0.2, -0.15) is 0 Å². The van der Waals surface area contributed by atoms with E-state index in [1.165, 1.54) is 4.90 Å². The normalized spacial score (nSPS) is 23.2. The minimum atomic E-state index is -0.922. The Kier molecular flexibility index (Phi) is 6.05. The number of hydrogen-bond acceptors (Lipinski definition) is 3. The third kappa shape index (κ3) is 5.56. The minimum Gasteiger partial charge on any atom is -0.480 e. The lowest BCUT2D eigenvalue weighted by atomic mass is 9.84. The van der Waals surface area contributed by atoms with Crippen LogP contribution in [0.15, 0.2) is 0 Å². The SMILES string of the molecule is CC(C)CC[C@H]1CCCN(C(=O)OC(C)(C)C)[C@H]1C(=O)O. The van der Waals surface area contributed by atoms with Crippen LogP contribution in [0, 0.1) is 11.8 Å². The van der Waals surface area contributed by atoms with Crippen LogP contribution in [0.2, 0.25) is 0 Å². The van der Waals surface area contributed by atoms with Crippen LogP contribution in [0.3, 0.4) is 0 Å². The van der Waals surface area contributed by atoms with Crippen molar-refractivity contribution in [3.05, 3.63) is 0 Å². The van der Waals surface area contributed by atoms with Gasteiger partial charge in [0, 0.05) is 6.54 Å². The summed E-state index contributed by atoms with van der Waals surface area (Å²) in [7, 11) is 0. The molecule has 1 amide bonds. The maximum atomic E-state index is 12.3. The molecule has 1 saturated heterocycles. The number of carbonyl (C=O) groups is 2. The van der Waals surface area contributed by atoms with Crippen molar-refractivity contribution in [1.82, 2.24) is 4.90 Å². The maximum absolute atomic E-state index is 12.3. The Morgan fingerprint density at radius 1 is 1.33 bits per heavy atom. The summed E-state index contributed by atoms with van der Waals surface area (Å²) in [6.07, 6.45) is 3.02. The molecule has 1 heterocycles. The van der Waals surface area contributed by atoms with Crippen LogP contribution in [0.1, 0.15) is 60.3 Å². The van der Waals surface area contributed by atoms with Crippen molar-refractivity contribution in [1.29, 1.82) is 0 Å². The second-order valence-electron chi connectivity index (χ2n) is 7.33. The topological polar surface area (TPSA) is 66.8 Å². The summed E-state index contributed by atoms with van der Waals surface area (Å²) in [5.74, 6) is -0.364. The monoisotopic (exact) mass is 299 g/mol. The molecule has 21 heavy (non-hydrogen) atoms. The van der Waals surface area contributed by atoms with E-state index in [9.17, 15) is 14.7 Å². The van der Waals surface area contributed by atoms with Gasteiger partial charge < -0.3 is 9.84 Å². The molecule has 2 atom stereocenters. The van der Waals surface area contributed by atoms with E-state index >= 15 is 0 Å². The van der Waals surface area contributed by atoms with E-state index in [1.54, 1.807) is 20.8 Å². The highest BCUT2D eigenvalue weighted by Crippen LogP contribution is 2.30. The fraction of sp³-hybridized carbons (Fsp3) is 0.875. The first kappa shape index (κ1) is 17.8. The second-order valence-corrected chi connectivity index (χ2v) is 7.33. The van der Waals surface area contributed by atoms with E-state index in [4.69, 9.17) is 4.74 Å². The van der Waals surface area contributed by atoms with Gasteiger partial charge >= 0.3 is 12.1 Å². The molecule has 0 bridgehead atoms. The predicted molar refractivity (Wildman–Crippen MR) is 81.2 cm³/mol. The Labute approximate surface area is 127 Å². The molecule has 0 radical (unpaired) electrons. The van der Waals surface area contributed by atoms with E-state index in [1.807, 2.05) is 0 Å². The molecule has 5 heteroatoms. The highest BCUT2D eigenvalue weighted by atomic mass is 16.6. The Morgan fingerprint density at radius 3 is 2.43 bits per heavy atom. The number of ether oxygens (including phenoxy) is 1. The van der Waals surface area contributed by atoms with Crippen molar-refractivity contribution in [3.63, 3.8) is 0 Å². The molecule has 1 aliphatic rings. The highest BCUT2D eigenvalue weighted by molar-refractivity contribution is 5.80. The molecule has 1 aliphatic heterocycles. The van der Waals surface area contributed by atoms with E-state index in [0.717, 1.165) is 25.7 Å². The van der Waals surface area contributed by atoms with Crippen LogP contribution in [0.25, 0.3) is 0 Å². The van der Waals surface area contributed by atoms with Crippen LogP contribution < -0.4 is 0 Å². The summed E-state index contributed by atoms with van der Waals surface area (Å²) in [5, 5.41) is 9.54. The minimum absolute atomic E-state index is 0.0196. The van der Waals surface area contributed by atoms with Crippen LogP contribution in [0.5, 0.6) is 0 Å². The Balaban J connectivity index is 2.81. The number of piperidine rings is 1. The van der Waals surface area contributed by atoms with Gasteiger partial charge in [0.15, 0.2) is 0 Å². The average Bonchev–Trinajstić information content (AvgIpc) is 2.33. The lowest BCUT2D eigenvalue weighted by Gasteiger charge is -2.39. The molecule has 0 saturated carbocycles. The maximum Gasteiger partial charge on any atom is 0.411 e. The first-order chi connectivity index (χ1) is 9.61. The standard InChI is InChI=1S/C16H29NO4/c1-11(2)8-9-12-7-6-10-17(13(12)14(18)19)15(20)21-16(3,4)5/h11-13H,6-10H2,1-5H3,(H,18,19)/t12-,13-/m1/s1. The number of carbonyl (C=O) groups excluding carboxylic acids is 1. The number of rotatable bonds is 4. The first-order valence-electron chi connectivity index (χ1n) is 7.84. The van der Waals surface area contributed by atoms with Crippen LogP contribution >= 0.6 is 0 Å². The van der Waals surface area contributed by atoms with Gasteiger partial charge in [-0.15, -0.1) is 0 Å². The zero-order valence-electron chi connectivity index (χ0n) is 13.9. The van der Waals surface area contributed by atoms with Crippen molar-refractivity contribution in [2.24, 2.45) is 11.8 Å². The fourth-order valence-electron chi connectivity index (χ4n) is 2.79. The summed E-state index contributed by atoms with van der Waals surface area (Å²) in [4.78, 5) is 25.3. The lowest BCUT2D eigenvalue weighted by Crippen LogP contribution is -2.53. The fourth-order valence-corrected chi connectivity index (χ4v) is 2.79. The van der Waals surface area contributed by atoms with Gasteiger partial charge in [-0.1, -0.05) is 20.3 Å². The summed E-state index contributed by atoms with van der Waals surface area (Å²) in [6, 6.07) is -0.757. The molecule has 0 spiro atoms. The molecule has 0 aromatic rings. The molecule has 122 valence electrons. The zero-order valence-corrected chi connectivity index (χ0v) is 13.9. The van der Waals surface area contributed by atoms with Crippen molar-refractivity contribution >= 4 is 12.1 Å². The van der Waals surface area contributed by atoms with Crippen molar-refractivity contribution in [2.75, 3.05) is 6.54 Å². The van der Waals surface area contributed by atoms with Gasteiger partial charge in [0.05, 0.1) is 0 Å². The quantitative estimate of drug-likeness (QED) is 0.862. The predicted octanol–water partition coefficient (Wildman–Crippen LogP) is 3.52. The van der Waals surface area contributed by atoms with Gasteiger partial charge in [-0.3, -0.25) is 4.90 Å². The van der Waals surface area contributed by atoms with Crippen LogP contribution in [-0.4, -0.2) is 40.3 Å². The van der Waals surface area contributed by atoms with Crippen molar-refractivity contribution < 1.29 is 19.4 Å². The van der Waals surface area contributed by atoms with Crippen molar-refractivity contribution in [3.8, 4) is 0 Å². The molecule has 0 unspecified atom stereocenters. The summed E-state index contributed by atoms with van der Waals surface area (Å²) < 4.78 is 5.36. The molecule has 1 fully saturated rings. The third-order valence-electron chi connectivity index (χ3n) is 3.75. The number of amides is 1. The van der Waals surface area contributed by atoms with Gasteiger partial charge in [-0.05, 0) is 51.9 Å². The largest absolute Gasteiger partial charge is 0.480 e.